The molecule has 2 aromatic heterocycles. The van der Waals surface area contributed by atoms with Gasteiger partial charge in [-0.1, -0.05) is 0 Å². The minimum atomic E-state index is -5.35. The highest BCUT2D eigenvalue weighted by Crippen LogP contribution is 2.44. The minimum absolute atomic E-state index is 0. The van der Waals surface area contributed by atoms with Gasteiger partial charge in [-0.15, -0.1) is 0 Å². The number of nitrogens with zero attached hydrogens (tertiary/aromatic N) is 4. The maximum atomic E-state index is 11.0. The van der Waals surface area contributed by atoms with Crippen LogP contribution in [-0.4, -0.2) is 39.3 Å². The molecule has 0 spiro atoms. The molecule has 18 nitrogen and oxygen atoms in total. The lowest BCUT2D eigenvalue weighted by atomic mass is 10.1. The fourth-order valence-electron chi connectivity index (χ4n) is 3.32. The van der Waals surface area contributed by atoms with Crippen LogP contribution in [0.25, 0.3) is 11.2 Å². The van der Waals surface area contributed by atoms with E-state index in [4.69, 9.17) is 5.73 Å². The summed E-state index contributed by atoms with van der Waals surface area (Å²) >= 11 is 0. The Bertz CT molecular complexity index is 965. The standard InChI is InChI=1S/C12H20N6O8P2.4H3N/c1-14-10-9-11(17-12(13)16-10)18(5-15-9)7-2-6(4-25-27(19,20)21)8(3-7)26-28(22,23)24;;;;/h5-8H,2-4H2,1H3,(H2,19,20,21)(H2,22,23,24)(H3,13,14,16,17);4*1H3/t6-,7-,8+;;;;/m1..../s1. The highest BCUT2D eigenvalue weighted by molar-refractivity contribution is 7.43. The molecule has 1 fully saturated rings. The molecule has 2 aromatic rings. The first-order chi connectivity index (χ1) is 13.0. The number of nitrogens with two attached hydrogens (primary N) is 1. The van der Waals surface area contributed by atoms with E-state index in [0.717, 1.165) is 0 Å². The summed E-state index contributed by atoms with van der Waals surface area (Å²) in [6.45, 7) is -0.614. The van der Waals surface area contributed by atoms with Gasteiger partial charge in [0.05, 0.1) is 34.7 Å². The Labute approximate surface area is 183 Å². The number of nitrogens with one attached hydrogen (secondary N) is 1. The second-order valence-corrected chi connectivity index (χ2v) is 8.48. The predicted octanol–water partition coefficient (Wildman–Crippen LogP) is -1.03. The van der Waals surface area contributed by atoms with Crippen LogP contribution in [0.3, 0.4) is 0 Å². The van der Waals surface area contributed by atoms with E-state index in [1.165, 1.54) is 6.33 Å². The van der Waals surface area contributed by atoms with Crippen LogP contribution < -0.4 is 55.2 Å². The first kappa shape index (κ1) is 32.4. The number of aromatic nitrogens is 4. The first-order valence-electron chi connectivity index (χ1n) is 8.01. The molecule has 0 unspecified atom stereocenters. The van der Waals surface area contributed by atoms with Gasteiger partial charge in [0.15, 0.2) is 17.0 Å². The van der Waals surface area contributed by atoms with Crippen LogP contribution in [0.4, 0.5) is 11.8 Å². The number of phosphoric acid groups is 2. The van der Waals surface area contributed by atoms with Crippen molar-refractivity contribution >= 4 is 38.6 Å². The summed E-state index contributed by atoms with van der Waals surface area (Å²) in [4.78, 5) is 55.9. The van der Waals surface area contributed by atoms with Crippen molar-refractivity contribution in [2.45, 2.75) is 25.0 Å². The molecule has 32 heavy (non-hydrogen) atoms. The van der Waals surface area contributed by atoms with Gasteiger partial charge < -0.3 is 78.0 Å². The van der Waals surface area contributed by atoms with E-state index >= 15 is 0 Å². The number of nitrogen functional groups attached to an aromatic ring is 1. The van der Waals surface area contributed by atoms with E-state index in [-0.39, 0.29) is 43.4 Å². The van der Waals surface area contributed by atoms with Crippen LogP contribution in [0.1, 0.15) is 18.9 Å². The zero-order valence-corrected chi connectivity index (χ0v) is 20.2. The van der Waals surface area contributed by atoms with Gasteiger partial charge in [-0.05, 0) is 12.8 Å². The molecule has 0 amide bonds. The molecule has 1 aliphatic carbocycles. The fourth-order valence-corrected chi connectivity index (χ4v) is 4.28. The van der Waals surface area contributed by atoms with Crippen molar-refractivity contribution in [2.75, 3.05) is 24.7 Å². The first-order valence-corrected chi connectivity index (χ1v) is 10.9. The van der Waals surface area contributed by atoms with Gasteiger partial charge in [0.25, 0.3) is 0 Å². The summed E-state index contributed by atoms with van der Waals surface area (Å²) in [7, 11) is -9.01. The van der Waals surface area contributed by atoms with Gasteiger partial charge in [0.2, 0.25) is 5.95 Å². The van der Waals surface area contributed by atoms with Crippen molar-refractivity contribution in [2.24, 2.45) is 5.92 Å². The number of quaternary nitrogens is 4. The third kappa shape index (κ3) is 7.66. The number of imidazole rings is 1. The number of rotatable bonds is 7. The van der Waals surface area contributed by atoms with Crippen molar-refractivity contribution in [1.82, 2.24) is 44.1 Å². The molecule has 0 saturated heterocycles. The third-order valence-electron chi connectivity index (χ3n) is 4.39. The topological polar surface area (TPSA) is 372 Å². The Kier molecular flexibility index (Phi) is 12.0. The molecule has 0 bridgehead atoms. The molecule has 2 heterocycles. The normalized spacial score (nSPS) is 20.5. The quantitative estimate of drug-likeness (QED) is 0.245. The van der Waals surface area contributed by atoms with E-state index in [9.17, 15) is 28.7 Å². The molecular weight excluding hydrogens is 474 g/mol. The lowest BCUT2D eigenvalue weighted by Gasteiger charge is -2.35. The molecule has 19 N–H and O–H groups in total. The van der Waals surface area contributed by atoms with Crippen LogP contribution in [0.2, 0.25) is 0 Å². The van der Waals surface area contributed by atoms with Crippen LogP contribution >= 0.6 is 15.6 Å². The number of fused-ring (bicyclic) bond motifs is 1. The summed E-state index contributed by atoms with van der Waals surface area (Å²) < 4.78 is 32.2. The van der Waals surface area contributed by atoms with Crippen LogP contribution in [0.5, 0.6) is 0 Å². The maximum absolute atomic E-state index is 11.0. The monoisotopic (exact) mass is 506 g/mol. The molecule has 20 heteroatoms. The van der Waals surface area contributed by atoms with Crippen molar-refractivity contribution in [1.29, 1.82) is 0 Å². The highest BCUT2D eigenvalue weighted by atomic mass is 31.2. The Balaban J connectivity index is 0. The van der Waals surface area contributed by atoms with Gasteiger partial charge >= 0.3 is 0 Å². The second-order valence-electron chi connectivity index (χ2n) is 6.22. The lowest BCUT2D eigenvalue weighted by molar-refractivity contribution is -0.346. The smallest absolute Gasteiger partial charge is 0.224 e. The number of phosphoric ester groups is 2. The fraction of sp³-hybridized carbons (Fsp3) is 0.583. The summed E-state index contributed by atoms with van der Waals surface area (Å²) in [6.07, 6.45) is 0.437. The highest BCUT2D eigenvalue weighted by Gasteiger charge is 2.38. The Morgan fingerprint density at radius 3 is 2.28 bits per heavy atom. The molecule has 188 valence electrons. The molecule has 0 aliphatic heterocycles. The zero-order valence-electron chi connectivity index (χ0n) is 18.5. The van der Waals surface area contributed by atoms with E-state index in [2.05, 4.69) is 29.3 Å². The molecule has 1 aliphatic rings. The SMILES string of the molecule is CNc1nc(N)nc2c1ncn2[C@@H]1C[C@H](COP(=O)([O-])[O-])[C@@H](OP(=O)([O-])[O-])C1.[NH4+].[NH4+].[NH4+].[NH4+]. The Morgan fingerprint density at radius 2 is 1.75 bits per heavy atom. The Morgan fingerprint density at radius 1 is 1.12 bits per heavy atom. The van der Waals surface area contributed by atoms with E-state index in [1.54, 1.807) is 11.6 Å². The number of hydrogen-bond acceptors (Lipinski definition) is 13. The van der Waals surface area contributed by atoms with Gasteiger partial charge in [0.1, 0.15) is 0 Å². The number of hydrogen-bond donors (Lipinski definition) is 6. The van der Waals surface area contributed by atoms with Crippen molar-refractivity contribution in [3.05, 3.63) is 6.33 Å². The largest absolute Gasteiger partial charge is 0.790 e. The van der Waals surface area contributed by atoms with Crippen molar-refractivity contribution in [3.63, 3.8) is 0 Å². The van der Waals surface area contributed by atoms with Crippen LogP contribution in [-0.2, 0) is 18.2 Å². The molecule has 3 rings (SSSR count). The number of anilines is 2. The second kappa shape index (κ2) is 11.9. The summed E-state index contributed by atoms with van der Waals surface area (Å²) in [5, 5.41) is 2.83. The van der Waals surface area contributed by atoms with E-state index < -0.39 is 40.3 Å². The molecule has 0 aromatic carbocycles. The summed E-state index contributed by atoms with van der Waals surface area (Å²) in [6, 6.07) is -0.466. The van der Waals surface area contributed by atoms with Gasteiger partial charge in [-0.3, -0.25) is 0 Å². The summed E-state index contributed by atoms with van der Waals surface area (Å²) in [5.41, 5.74) is 6.46. The molecule has 1 saturated carbocycles. The van der Waals surface area contributed by atoms with E-state index in [1.807, 2.05) is 0 Å². The van der Waals surface area contributed by atoms with Crippen molar-refractivity contribution < 1.29 is 37.8 Å². The molecular formula is C12H32N10O8P2. The summed E-state index contributed by atoms with van der Waals surface area (Å²) in [5.74, 6) is -0.474. The van der Waals surface area contributed by atoms with Gasteiger partial charge in [0, 0.05) is 19.0 Å². The predicted molar refractivity (Wildman–Crippen MR) is 111 cm³/mol. The Hall–Kier alpha value is -1.79. The lowest BCUT2D eigenvalue weighted by Crippen LogP contribution is -2.28. The average molecular weight is 506 g/mol. The average Bonchev–Trinajstić information content (AvgIpc) is 3.13. The third-order valence-corrected chi connectivity index (χ3v) is 5.38. The van der Waals surface area contributed by atoms with Crippen molar-refractivity contribution in [3.8, 4) is 0 Å². The molecule has 3 atom stereocenters. The van der Waals surface area contributed by atoms with Crippen LogP contribution in [0.15, 0.2) is 6.33 Å². The minimum Gasteiger partial charge on any atom is -0.790 e. The van der Waals surface area contributed by atoms with Gasteiger partial charge in [-0.25, -0.2) is 4.98 Å². The van der Waals surface area contributed by atoms with Crippen LogP contribution in [0, 0.1) is 5.92 Å². The zero-order chi connectivity index (χ0) is 20.7. The van der Waals surface area contributed by atoms with E-state index in [0.29, 0.717) is 17.0 Å². The maximum Gasteiger partial charge on any atom is 0.224 e. The molecule has 0 radical (unpaired) electrons. The van der Waals surface area contributed by atoms with Gasteiger partial charge in [-0.2, -0.15) is 9.97 Å².